The molecule has 0 saturated carbocycles. The Balaban J connectivity index is 0.00000242. The lowest BCUT2D eigenvalue weighted by atomic mass is 9.95. The Morgan fingerprint density at radius 1 is 1.36 bits per heavy atom. The maximum absolute atomic E-state index is 12.6. The lowest BCUT2D eigenvalue weighted by Gasteiger charge is -2.26. The molecule has 0 aromatic heterocycles. The van der Waals surface area contributed by atoms with E-state index in [4.69, 9.17) is 10.5 Å². The molecule has 0 aliphatic carbocycles. The third-order valence-electron chi connectivity index (χ3n) is 4.03. The highest BCUT2D eigenvalue weighted by atomic mass is 79.9. The van der Waals surface area contributed by atoms with Crippen molar-refractivity contribution in [3.05, 3.63) is 22.2 Å². The van der Waals surface area contributed by atoms with E-state index in [1.807, 2.05) is 19.9 Å². The van der Waals surface area contributed by atoms with E-state index in [0.29, 0.717) is 25.2 Å². The fourth-order valence-corrected chi connectivity index (χ4v) is 4.26. The summed E-state index contributed by atoms with van der Waals surface area (Å²) in [5, 5.41) is 0. The minimum absolute atomic E-state index is 0. The average molecular weight is 414 g/mol. The van der Waals surface area contributed by atoms with Crippen LogP contribution < -0.4 is 15.2 Å². The van der Waals surface area contributed by atoms with Crippen LogP contribution in [0, 0.1) is 0 Å². The van der Waals surface area contributed by atoms with Gasteiger partial charge in [-0.2, -0.15) is 0 Å². The molecule has 0 amide bonds. The SMILES string of the molecule is CCC(N)(CC)CNS(=O)(=O)c1cc(Br)cc2c1OCC2.Cl. The van der Waals surface area contributed by atoms with Gasteiger partial charge in [0.2, 0.25) is 10.0 Å². The summed E-state index contributed by atoms with van der Waals surface area (Å²) >= 11 is 3.35. The Kier molecular flexibility index (Phi) is 6.71. The Labute approximate surface area is 146 Å². The van der Waals surface area contributed by atoms with Gasteiger partial charge in [-0.05, 0) is 25.0 Å². The molecule has 1 aromatic carbocycles. The molecule has 126 valence electrons. The number of sulfonamides is 1. The summed E-state index contributed by atoms with van der Waals surface area (Å²) in [4.78, 5) is 0.180. The van der Waals surface area contributed by atoms with Gasteiger partial charge in [0.25, 0.3) is 0 Å². The van der Waals surface area contributed by atoms with Crippen LogP contribution in [0.1, 0.15) is 32.3 Å². The Morgan fingerprint density at radius 3 is 2.59 bits per heavy atom. The predicted octanol–water partition coefficient (Wildman–Crippen LogP) is 2.60. The fourth-order valence-electron chi connectivity index (χ4n) is 2.25. The summed E-state index contributed by atoms with van der Waals surface area (Å²) < 4.78 is 33.9. The third kappa shape index (κ3) is 4.14. The molecule has 8 heteroatoms. The summed E-state index contributed by atoms with van der Waals surface area (Å²) in [6, 6.07) is 3.47. The number of ether oxygens (including phenoxy) is 1. The van der Waals surface area contributed by atoms with Crippen LogP contribution in [0.25, 0.3) is 0 Å². The van der Waals surface area contributed by atoms with E-state index in [2.05, 4.69) is 20.7 Å². The van der Waals surface area contributed by atoms with E-state index in [9.17, 15) is 8.42 Å². The molecule has 22 heavy (non-hydrogen) atoms. The van der Waals surface area contributed by atoms with Crippen molar-refractivity contribution in [2.24, 2.45) is 5.73 Å². The van der Waals surface area contributed by atoms with Crippen LogP contribution in [0.5, 0.6) is 5.75 Å². The van der Waals surface area contributed by atoms with Crippen LogP contribution in [0.4, 0.5) is 0 Å². The first-order chi connectivity index (χ1) is 9.81. The number of hydrogen-bond donors (Lipinski definition) is 2. The summed E-state index contributed by atoms with van der Waals surface area (Å²) in [5.41, 5.74) is 6.54. The molecule has 0 saturated heterocycles. The van der Waals surface area contributed by atoms with Crippen molar-refractivity contribution in [2.75, 3.05) is 13.2 Å². The number of halogens is 2. The molecule has 0 unspecified atom stereocenters. The number of nitrogens with one attached hydrogen (secondary N) is 1. The zero-order valence-electron chi connectivity index (χ0n) is 12.7. The highest BCUT2D eigenvalue weighted by Crippen LogP contribution is 2.35. The molecule has 2 rings (SSSR count). The first-order valence-corrected chi connectivity index (χ1v) is 9.32. The summed E-state index contributed by atoms with van der Waals surface area (Å²) in [7, 11) is -3.65. The van der Waals surface area contributed by atoms with Crippen molar-refractivity contribution in [2.45, 2.75) is 43.5 Å². The van der Waals surface area contributed by atoms with Gasteiger partial charge < -0.3 is 10.5 Å². The molecular formula is C14H22BrClN2O3S. The molecule has 0 bridgehead atoms. The van der Waals surface area contributed by atoms with Gasteiger partial charge in [0, 0.05) is 28.5 Å². The van der Waals surface area contributed by atoms with Crippen molar-refractivity contribution in [1.82, 2.24) is 4.72 Å². The van der Waals surface area contributed by atoms with Crippen molar-refractivity contribution >= 4 is 38.4 Å². The number of hydrogen-bond acceptors (Lipinski definition) is 4. The number of fused-ring (bicyclic) bond motifs is 1. The Bertz CT molecular complexity index is 633. The molecule has 0 spiro atoms. The molecule has 0 atom stereocenters. The van der Waals surface area contributed by atoms with Crippen LogP contribution in [-0.4, -0.2) is 27.1 Å². The molecule has 3 N–H and O–H groups in total. The quantitative estimate of drug-likeness (QED) is 0.751. The predicted molar refractivity (Wildman–Crippen MR) is 93.3 cm³/mol. The topological polar surface area (TPSA) is 81.4 Å². The lowest BCUT2D eigenvalue weighted by Crippen LogP contribution is -2.49. The third-order valence-corrected chi connectivity index (χ3v) is 5.89. The van der Waals surface area contributed by atoms with Gasteiger partial charge in [-0.3, -0.25) is 0 Å². The second-order valence-corrected chi connectivity index (χ2v) is 8.04. The maximum Gasteiger partial charge on any atom is 0.244 e. The second-order valence-electron chi connectivity index (χ2n) is 5.38. The highest BCUT2D eigenvalue weighted by Gasteiger charge is 2.29. The Morgan fingerprint density at radius 2 is 2.00 bits per heavy atom. The van der Waals surface area contributed by atoms with Gasteiger partial charge in [0.15, 0.2) is 0 Å². The normalized spacial score (nSPS) is 14.2. The monoisotopic (exact) mass is 412 g/mol. The van der Waals surface area contributed by atoms with E-state index in [1.54, 1.807) is 6.07 Å². The molecule has 0 radical (unpaired) electrons. The van der Waals surface area contributed by atoms with Gasteiger partial charge in [0.05, 0.1) is 6.61 Å². The Hall–Kier alpha value is -0.340. The van der Waals surface area contributed by atoms with Gasteiger partial charge in [-0.15, -0.1) is 12.4 Å². The summed E-state index contributed by atoms with van der Waals surface area (Å²) in [6.07, 6.45) is 2.14. The molecule has 0 fully saturated rings. The van der Waals surface area contributed by atoms with Crippen LogP contribution in [0.2, 0.25) is 0 Å². The van der Waals surface area contributed by atoms with Gasteiger partial charge in [0.1, 0.15) is 10.6 Å². The van der Waals surface area contributed by atoms with E-state index < -0.39 is 15.6 Å². The van der Waals surface area contributed by atoms with Crippen molar-refractivity contribution < 1.29 is 13.2 Å². The van der Waals surface area contributed by atoms with E-state index in [1.165, 1.54) is 0 Å². The minimum atomic E-state index is -3.65. The first-order valence-electron chi connectivity index (χ1n) is 7.05. The summed E-state index contributed by atoms with van der Waals surface area (Å²) in [6.45, 7) is 4.64. The second kappa shape index (κ2) is 7.49. The zero-order chi connectivity index (χ0) is 15.7. The lowest BCUT2D eigenvalue weighted by molar-refractivity contribution is 0.348. The van der Waals surface area contributed by atoms with Gasteiger partial charge >= 0.3 is 0 Å². The van der Waals surface area contributed by atoms with Gasteiger partial charge in [-0.25, -0.2) is 13.1 Å². The maximum atomic E-state index is 12.6. The van der Waals surface area contributed by atoms with Crippen molar-refractivity contribution in [3.63, 3.8) is 0 Å². The van der Waals surface area contributed by atoms with E-state index >= 15 is 0 Å². The molecule has 1 aromatic rings. The average Bonchev–Trinajstić information content (AvgIpc) is 2.92. The zero-order valence-corrected chi connectivity index (χ0v) is 15.9. The standard InChI is InChI=1S/C14H21BrN2O3S.ClH/c1-3-14(16,4-2)9-17-21(18,19)12-8-11(15)7-10-5-6-20-13(10)12;/h7-8,17H,3-6,9,16H2,1-2H3;1H. The van der Waals surface area contributed by atoms with Gasteiger partial charge in [-0.1, -0.05) is 29.8 Å². The van der Waals surface area contributed by atoms with E-state index in [0.717, 1.165) is 16.5 Å². The van der Waals surface area contributed by atoms with Crippen molar-refractivity contribution in [1.29, 1.82) is 0 Å². The number of benzene rings is 1. The van der Waals surface area contributed by atoms with Crippen LogP contribution in [0.15, 0.2) is 21.5 Å². The largest absolute Gasteiger partial charge is 0.492 e. The molecule has 1 heterocycles. The van der Waals surface area contributed by atoms with Crippen LogP contribution >= 0.6 is 28.3 Å². The molecule has 1 aliphatic rings. The smallest absolute Gasteiger partial charge is 0.244 e. The highest BCUT2D eigenvalue weighted by molar-refractivity contribution is 9.10. The summed E-state index contributed by atoms with van der Waals surface area (Å²) in [5.74, 6) is 0.460. The molecule has 1 aliphatic heterocycles. The van der Waals surface area contributed by atoms with Crippen LogP contribution in [0.3, 0.4) is 0 Å². The number of rotatable bonds is 6. The van der Waals surface area contributed by atoms with Crippen LogP contribution in [-0.2, 0) is 16.4 Å². The number of nitrogens with two attached hydrogens (primary N) is 1. The van der Waals surface area contributed by atoms with Crippen molar-refractivity contribution in [3.8, 4) is 5.75 Å². The molecular weight excluding hydrogens is 392 g/mol. The first kappa shape index (κ1) is 19.7. The minimum Gasteiger partial charge on any atom is -0.492 e. The molecule has 5 nitrogen and oxygen atoms in total. The van der Waals surface area contributed by atoms with E-state index in [-0.39, 0.29) is 23.8 Å². The fraction of sp³-hybridized carbons (Fsp3) is 0.571.